The summed E-state index contributed by atoms with van der Waals surface area (Å²) in [5.41, 5.74) is 1.46. The highest BCUT2D eigenvalue weighted by Crippen LogP contribution is 2.55. The minimum atomic E-state index is 0.416. The van der Waals surface area contributed by atoms with Crippen molar-refractivity contribution in [2.45, 2.75) is 25.3 Å². The lowest BCUT2D eigenvalue weighted by atomic mass is 10.0. The van der Waals surface area contributed by atoms with Crippen LogP contribution in [0.15, 0.2) is 40.2 Å². The third kappa shape index (κ3) is 2.96. The first-order valence-electron chi connectivity index (χ1n) is 6.93. The maximum Gasteiger partial charge on any atom is 0.0887 e. The molecule has 1 aromatic heterocycles. The standard InChI is InChI=1S/C16H17BrClNS/c1-2-19-15(14-9-13(18)16(17)20-14)12-8-11(12)10-6-4-3-5-7-10/h3-7,9,11-12,15,19H,2,8H2,1H3. The highest BCUT2D eigenvalue weighted by Gasteiger charge is 2.44. The number of halogens is 2. The molecule has 0 aliphatic heterocycles. The van der Waals surface area contributed by atoms with Gasteiger partial charge in [0.2, 0.25) is 0 Å². The highest BCUT2D eigenvalue weighted by atomic mass is 79.9. The van der Waals surface area contributed by atoms with Gasteiger partial charge >= 0.3 is 0 Å². The maximum absolute atomic E-state index is 6.19. The molecule has 4 heteroatoms. The lowest BCUT2D eigenvalue weighted by Crippen LogP contribution is -2.22. The Balaban J connectivity index is 1.79. The van der Waals surface area contributed by atoms with Crippen LogP contribution in [0.25, 0.3) is 0 Å². The van der Waals surface area contributed by atoms with Gasteiger partial charge in [-0.2, -0.15) is 0 Å². The molecule has 0 spiro atoms. The fourth-order valence-corrected chi connectivity index (χ4v) is 4.76. The first-order valence-corrected chi connectivity index (χ1v) is 8.92. The lowest BCUT2D eigenvalue weighted by molar-refractivity contribution is 0.494. The average Bonchev–Trinajstić information content (AvgIpc) is 3.18. The van der Waals surface area contributed by atoms with Crippen molar-refractivity contribution in [2.24, 2.45) is 5.92 Å². The fourth-order valence-electron chi connectivity index (χ4n) is 2.87. The molecule has 0 radical (unpaired) electrons. The molecule has 1 N–H and O–H groups in total. The Bertz CT molecular complexity index is 564. The van der Waals surface area contributed by atoms with Gasteiger partial charge in [0, 0.05) is 10.9 Å². The number of thiophene rings is 1. The summed E-state index contributed by atoms with van der Waals surface area (Å²) in [4.78, 5) is 1.34. The van der Waals surface area contributed by atoms with E-state index in [-0.39, 0.29) is 0 Å². The highest BCUT2D eigenvalue weighted by molar-refractivity contribution is 9.11. The SMILES string of the molecule is CCNC(c1cc(Cl)c(Br)s1)C1CC1c1ccccc1. The third-order valence-corrected chi connectivity index (χ3v) is 6.45. The zero-order valence-electron chi connectivity index (χ0n) is 11.3. The van der Waals surface area contributed by atoms with Crippen LogP contribution in [0.2, 0.25) is 5.02 Å². The molecule has 1 aliphatic rings. The van der Waals surface area contributed by atoms with Crippen molar-refractivity contribution in [1.29, 1.82) is 0 Å². The quantitative estimate of drug-likeness (QED) is 0.720. The first-order chi connectivity index (χ1) is 9.70. The van der Waals surface area contributed by atoms with Crippen LogP contribution in [0, 0.1) is 5.92 Å². The number of hydrogen-bond donors (Lipinski definition) is 1. The molecule has 1 fully saturated rings. The van der Waals surface area contributed by atoms with Crippen molar-refractivity contribution >= 4 is 38.9 Å². The van der Waals surface area contributed by atoms with Gasteiger partial charge in [-0.3, -0.25) is 0 Å². The number of hydrogen-bond acceptors (Lipinski definition) is 2. The predicted octanol–water partition coefficient (Wildman–Crippen LogP) is 5.62. The van der Waals surface area contributed by atoms with Gasteiger partial charge in [0.05, 0.1) is 8.81 Å². The normalized spacial score (nSPS) is 22.8. The minimum Gasteiger partial charge on any atom is -0.309 e. The van der Waals surface area contributed by atoms with Crippen molar-refractivity contribution in [2.75, 3.05) is 6.54 Å². The van der Waals surface area contributed by atoms with E-state index >= 15 is 0 Å². The van der Waals surface area contributed by atoms with Crippen molar-refractivity contribution in [3.05, 3.63) is 55.6 Å². The van der Waals surface area contributed by atoms with Gasteiger partial charge in [-0.1, -0.05) is 48.9 Å². The van der Waals surface area contributed by atoms with Crippen LogP contribution in [0.4, 0.5) is 0 Å². The summed E-state index contributed by atoms with van der Waals surface area (Å²) in [6, 6.07) is 13.3. The molecular formula is C16H17BrClNS. The second-order valence-electron chi connectivity index (χ2n) is 5.22. The van der Waals surface area contributed by atoms with Gasteiger partial charge in [-0.05, 0) is 52.4 Å². The van der Waals surface area contributed by atoms with E-state index in [1.807, 2.05) is 0 Å². The molecule has 2 aromatic rings. The van der Waals surface area contributed by atoms with Crippen LogP contribution in [0.1, 0.15) is 35.7 Å². The van der Waals surface area contributed by atoms with Crippen LogP contribution in [-0.4, -0.2) is 6.54 Å². The summed E-state index contributed by atoms with van der Waals surface area (Å²) in [6.45, 7) is 3.15. The van der Waals surface area contributed by atoms with E-state index in [9.17, 15) is 0 Å². The van der Waals surface area contributed by atoms with Crippen molar-refractivity contribution < 1.29 is 0 Å². The second-order valence-corrected chi connectivity index (χ2v) is 8.03. The molecule has 3 rings (SSSR count). The maximum atomic E-state index is 6.19. The topological polar surface area (TPSA) is 12.0 Å². The van der Waals surface area contributed by atoms with Gasteiger partial charge in [-0.15, -0.1) is 11.3 Å². The summed E-state index contributed by atoms with van der Waals surface area (Å²) in [7, 11) is 0. The van der Waals surface area contributed by atoms with Crippen molar-refractivity contribution in [3.8, 4) is 0 Å². The second kappa shape index (κ2) is 6.18. The molecule has 3 atom stereocenters. The van der Waals surface area contributed by atoms with Gasteiger partial charge in [0.1, 0.15) is 0 Å². The Morgan fingerprint density at radius 1 is 1.40 bits per heavy atom. The molecule has 1 nitrogen and oxygen atoms in total. The number of nitrogens with one attached hydrogen (secondary N) is 1. The molecule has 0 saturated heterocycles. The molecule has 1 heterocycles. The van der Waals surface area contributed by atoms with Crippen LogP contribution < -0.4 is 5.32 Å². The van der Waals surface area contributed by atoms with Crippen LogP contribution in [0.5, 0.6) is 0 Å². The molecule has 106 valence electrons. The van der Waals surface area contributed by atoms with Crippen LogP contribution in [-0.2, 0) is 0 Å². The van der Waals surface area contributed by atoms with E-state index < -0.39 is 0 Å². The monoisotopic (exact) mass is 369 g/mol. The van der Waals surface area contributed by atoms with E-state index in [0.717, 1.165) is 15.4 Å². The Hall–Kier alpha value is -0.350. The zero-order valence-corrected chi connectivity index (χ0v) is 14.4. The Morgan fingerprint density at radius 2 is 2.15 bits per heavy atom. The Kier molecular flexibility index (Phi) is 4.51. The van der Waals surface area contributed by atoms with E-state index in [2.05, 4.69) is 64.6 Å². The average molecular weight is 371 g/mol. The van der Waals surface area contributed by atoms with E-state index in [1.54, 1.807) is 11.3 Å². The lowest BCUT2D eigenvalue weighted by Gasteiger charge is -2.16. The number of rotatable bonds is 5. The Labute approximate surface area is 137 Å². The van der Waals surface area contributed by atoms with Crippen molar-refractivity contribution in [3.63, 3.8) is 0 Å². The van der Waals surface area contributed by atoms with E-state index in [4.69, 9.17) is 11.6 Å². The summed E-state index contributed by atoms with van der Waals surface area (Å²) in [5.74, 6) is 1.36. The zero-order chi connectivity index (χ0) is 14.1. The minimum absolute atomic E-state index is 0.416. The van der Waals surface area contributed by atoms with Gasteiger partial charge in [0.15, 0.2) is 0 Å². The molecular weight excluding hydrogens is 354 g/mol. The molecule has 20 heavy (non-hydrogen) atoms. The molecule has 0 amide bonds. The van der Waals surface area contributed by atoms with Crippen LogP contribution in [0.3, 0.4) is 0 Å². The third-order valence-electron chi connectivity index (χ3n) is 3.89. The summed E-state index contributed by atoms with van der Waals surface area (Å²) in [5, 5.41) is 4.46. The van der Waals surface area contributed by atoms with Crippen molar-refractivity contribution in [1.82, 2.24) is 5.32 Å². The summed E-state index contributed by atoms with van der Waals surface area (Å²) in [6.07, 6.45) is 1.26. The van der Waals surface area contributed by atoms with E-state index in [1.165, 1.54) is 16.9 Å². The van der Waals surface area contributed by atoms with Gasteiger partial charge in [0.25, 0.3) is 0 Å². The molecule has 1 aliphatic carbocycles. The predicted molar refractivity (Wildman–Crippen MR) is 90.7 cm³/mol. The Morgan fingerprint density at radius 3 is 2.75 bits per heavy atom. The van der Waals surface area contributed by atoms with Crippen LogP contribution >= 0.6 is 38.9 Å². The van der Waals surface area contributed by atoms with E-state index in [0.29, 0.717) is 17.9 Å². The summed E-state index contributed by atoms with van der Waals surface area (Å²) >= 11 is 11.5. The molecule has 3 unspecified atom stereocenters. The van der Waals surface area contributed by atoms with Gasteiger partial charge < -0.3 is 5.32 Å². The van der Waals surface area contributed by atoms with Gasteiger partial charge in [-0.25, -0.2) is 0 Å². The summed E-state index contributed by atoms with van der Waals surface area (Å²) < 4.78 is 1.04. The number of benzene rings is 1. The fraction of sp³-hybridized carbons (Fsp3) is 0.375. The molecule has 1 saturated carbocycles. The largest absolute Gasteiger partial charge is 0.309 e. The molecule has 1 aromatic carbocycles. The smallest absolute Gasteiger partial charge is 0.0887 e. The first kappa shape index (κ1) is 14.6. The molecule has 0 bridgehead atoms.